The summed E-state index contributed by atoms with van der Waals surface area (Å²) >= 11 is 6.17. The number of hydrogen-bond acceptors (Lipinski definition) is 5. The monoisotopic (exact) mass is 416 g/mol. The summed E-state index contributed by atoms with van der Waals surface area (Å²) in [5.41, 5.74) is 1.06. The summed E-state index contributed by atoms with van der Waals surface area (Å²) < 4.78 is 28.4. The maximum absolute atomic E-state index is 12.9. The van der Waals surface area contributed by atoms with E-state index < -0.39 is 15.6 Å². The van der Waals surface area contributed by atoms with Crippen molar-refractivity contribution in [1.29, 1.82) is 5.26 Å². The SMILES string of the molecule is CC1(O)CN(c2cccc(S(=O)(=O)Nc3ccc(Cl)c4c(C#N)c[nH]c34)c2)C1. The topological polar surface area (TPSA) is 109 Å². The molecule has 1 aliphatic heterocycles. The molecule has 7 nitrogen and oxygen atoms in total. The Labute approximate surface area is 167 Å². The first kappa shape index (κ1) is 18.6. The molecule has 0 atom stereocenters. The lowest BCUT2D eigenvalue weighted by Crippen LogP contribution is -2.60. The summed E-state index contributed by atoms with van der Waals surface area (Å²) in [5, 5.41) is 20.0. The summed E-state index contributed by atoms with van der Waals surface area (Å²) in [6, 6.07) is 11.7. The highest BCUT2D eigenvalue weighted by Gasteiger charge is 2.36. The number of rotatable bonds is 4. The second kappa shape index (κ2) is 6.41. The van der Waals surface area contributed by atoms with E-state index in [2.05, 4.69) is 9.71 Å². The van der Waals surface area contributed by atoms with E-state index in [1.54, 1.807) is 37.3 Å². The number of nitrogens with one attached hydrogen (secondary N) is 2. The molecule has 1 aliphatic rings. The zero-order valence-electron chi connectivity index (χ0n) is 14.9. The Morgan fingerprint density at radius 1 is 1.32 bits per heavy atom. The molecule has 3 N–H and O–H groups in total. The Hall–Kier alpha value is -2.73. The van der Waals surface area contributed by atoms with Crippen LogP contribution in [-0.2, 0) is 10.0 Å². The van der Waals surface area contributed by atoms with E-state index in [4.69, 9.17) is 11.6 Å². The van der Waals surface area contributed by atoms with Gasteiger partial charge in [-0.15, -0.1) is 0 Å². The fraction of sp³-hybridized carbons (Fsp3) is 0.211. The van der Waals surface area contributed by atoms with Crippen molar-refractivity contribution in [2.45, 2.75) is 17.4 Å². The minimum Gasteiger partial charge on any atom is -0.386 e. The molecule has 0 unspecified atom stereocenters. The summed E-state index contributed by atoms with van der Waals surface area (Å²) in [4.78, 5) is 4.92. The van der Waals surface area contributed by atoms with Gasteiger partial charge >= 0.3 is 0 Å². The molecule has 0 aliphatic carbocycles. The van der Waals surface area contributed by atoms with Crippen molar-refractivity contribution in [2.75, 3.05) is 22.7 Å². The van der Waals surface area contributed by atoms with Gasteiger partial charge in [0.05, 0.1) is 32.3 Å². The van der Waals surface area contributed by atoms with Crippen LogP contribution in [0, 0.1) is 11.3 Å². The van der Waals surface area contributed by atoms with Gasteiger partial charge in [0.2, 0.25) is 0 Å². The van der Waals surface area contributed by atoms with Crippen LogP contribution in [0.3, 0.4) is 0 Å². The largest absolute Gasteiger partial charge is 0.386 e. The number of hydrogen-bond donors (Lipinski definition) is 3. The van der Waals surface area contributed by atoms with Gasteiger partial charge in [-0.1, -0.05) is 17.7 Å². The zero-order valence-corrected chi connectivity index (χ0v) is 16.5. The molecule has 9 heteroatoms. The molecular weight excluding hydrogens is 400 g/mol. The summed E-state index contributed by atoms with van der Waals surface area (Å²) in [6.45, 7) is 2.63. The molecule has 1 fully saturated rings. The van der Waals surface area contributed by atoms with Crippen molar-refractivity contribution in [3.8, 4) is 6.07 Å². The molecule has 0 saturated carbocycles. The molecule has 1 aromatic heterocycles. The molecule has 2 heterocycles. The highest BCUT2D eigenvalue weighted by molar-refractivity contribution is 7.92. The summed E-state index contributed by atoms with van der Waals surface area (Å²) in [5.74, 6) is 0. The maximum Gasteiger partial charge on any atom is 0.262 e. The van der Waals surface area contributed by atoms with E-state index in [-0.39, 0.29) is 4.90 Å². The lowest BCUT2D eigenvalue weighted by atomic mass is 9.96. The van der Waals surface area contributed by atoms with Crippen molar-refractivity contribution in [1.82, 2.24) is 4.98 Å². The van der Waals surface area contributed by atoms with Crippen molar-refractivity contribution < 1.29 is 13.5 Å². The van der Waals surface area contributed by atoms with Crippen LogP contribution in [0.25, 0.3) is 10.9 Å². The Morgan fingerprint density at radius 2 is 2.07 bits per heavy atom. The van der Waals surface area contributed by atoms with Crippen molar-refractivity contribution in [3.05, 3.63) is 53.2 Å². The lowest BCUT2D eigenvalue weighted by molar-refractivity contribution is 0.0310. The third kappa shape index (κ3) is 3.18. The normalized spacial score (nSPS) is 15.9. The molecule has 0 bridgehead atoms. The number of anilines is 2. The number of nitriles is 1. The quantitative estimate of drug-likeness (QED) is 0.605. The highest BCUT2D eigenvalue weighted by Crippen LogP contribution is 2.34. The van der Waals surface area contributed by atoms with Gasteiger partial charge in [0.25, 0.3) is 10.0 Å². The molecule has 0 radical (unpaired) electrons. The minimum atomic E-state index is -3.87. The van der Waals surface area contributed by atoms with Gasteiger partial charge in [-0.25, -0.2) is 8.42 Å². The average molecular weight is 417 g/mol. The summed E-state index contributed by atoms with van der Waals surface area (Å²) in [7, 11) is -3.87. The number of sulfonamides is 1. The number of H-pyrrole nitrogens is 1. The molecule has 2 aromatic carbocycles. The molecule has 1 saturated heterocycles. The Morgan fingerprint density at radius 3 is 2.75 bits per heavy atom. The first-order chi connectivity index (χ1) is 13.2. The third-order valence-corrected chi connectivity index (χ3v) is 6.38. The van der Waals surface area contributed by atoms with E-state index >= 15 is 0 Å². The van der Waals surface area contributed by atoms with Gasteiger partial charge in [0, 0.05) is 30.4 Å². The highest BCUT2D eigenvalue weighted by atomic mass is 35.5. The Bertz CT molecular complexity index is 1220. The molecule has 28 heavy (non-hydrogen) atoms. The molecule has 144 valence electrons. The Balaban J connectivity index is 1.68. The van der Waals surface area contributed by atoms with E-state index in [9.17, 15) is 18.8 Å². The second-order valence-corrected chi connectivity index (χ2v) is 9.20. The average Bonchev–Trinajstić information content (AvgIpc) is 3.07. The molecular formula is C19H17ClN4O3S. The van der Waals surface area contributed by atoms with Crippen LogP contribution >= 0.6 is 11.6 Å². The molecule has 0 spiro atoms. The fourth-order valence-corrected chi connectivity index (χ4v) is 4.76. The Kier molecular flexibility index (Phi) is 4.27. The molecule has 3 aromatic rings. The number of aromatic nitrogens is 1. The predicted molar refractivity (Wildman–Crippen MR) is 108 cm³/mol. The van der Waals surface area contributed by atoms with Crippen LogP contribution in [0.1, 0.15) is 12.5 Å². The van der Waals surface area contributed by atoms with E-state index in [1.165, 1.54) is 12.3 Å². The van der Waals surface area contributed by atoms with Crippen LogP contribution in [-0.4, -0.2) is 37.2 Å². The number of aliphatic hydroxyl groups is 1. The van der Waals surface area contributed by atoms with Crippen molar-refractivity contribution >= 4 is 43.9 Å². The summed E-state index contributed by atoms with van der Waals surface area (Å²) in [6.07, 6.45) is 1.49. The van der Waals surface area contributed by atoms with Gasteiger partial charge in [-0.2, -0.15) is 5.26 Å². The maximum atomic E-state index is 12.9. The number of fused-ring (bicyclic) bond motifs is 1. The number of nitrogens with zero attached hydrogens (tertiary/aromatic N) is 2. The zero-order chi connectivity index (χ0) is 20.1. The van der Waals surface area contributed by atoms with Gasteiger partial charge in [0.15, 0.2) is 0 Å². The number of benzene rings is 2. The van der Waals surface area contributed by atoms with E-state index in [0.29, 0.717) is 40.3 Å². The van der Waals surface area contributed by atoms with Crippen LogP contribution in [0.5, 0.6) is 0 Å². The number of halogens is 1. The molecule has 4 rings (SSSR count). The van der Waals surface area contributed by atoms with E-state index in [0.717, 1.165) is 5.69 Å². The number of β-amino-alcohol motifs (C(OH)–C–C–N with tert-alkyl or cyclic N) is 1. The first-order valence-electron chi connectivity index (χ1n) is 8.50. The first-order valence-corrected chi connectivity index (χ1v) is 10.4. The van der Waals surface area contributed by atoms with Gasteiger partial charge in [0.1, 0.15) is 6.07 Å². The standard InChI is InChI=1S/C19H17ClN4O3S/c1-19(25)10-24(11-19)13-3-2-4-14(7-13)28(26,27)23-16-6-5-15(20)17-12(8-21)9-22-18(16)17/h2-7,9,22-23,25H,10-11H2,1H3. The van der Waals surface area contributed by atoms with Crippen LogP contribution in [0.15, 0.2) is 47.5 Å². The minimum absolute atomic E-state index is 0.103. The number of aromatic amines is 1. The van der Waals surface area contributed by atoms with Crippen molar-refractivity contribution in [2.24, 2.45) is 0 Å². The van der Waals surface area contributed by atoms with E-state index in [1.807, 2.05) is 11.0 Å². The third-order valence-electron chi connectivity index (χ3n) is 4.71. The molecule has 0 amide bonds. The van der Waals surface area contributed by atoms with Crippen LogP contribution in [0.4, 0.5) is 11.4 Å². The fourth-order valence-electron chi connectivity index (χ4n) is 3.39. The second-order valence-electron chi connectivity index (χ2n) is 7.11. The predicted octanol–water partition coefficient (Wildman–Crippen LogP) is 3.06. The van der Waals surface area contributed by atoms with Gasteiger partial charge in [-0.05, 0) is 37.3 Å². The van der Waals surface area contributed by atoms with Gasteiger partial charge < -0.3 is 15.0 Å². The van der Waals surface area contributed by atoms with Gasteiger partial charge in [-0.3, -0.25) is 4.72 Å². The van der Waals surface area contributed by atoms with Crippen molar-refractivity contribution in [3.63, 3.8) is 0 Å². The van der Waals surface area contributed by atoms with Crippen LogP contribution < -0.4 is 9.62 Å². The smallest absolute Gasteiger partial charge is 0.262 e. The lowest BCUT2D eigenvalue weighted by Gasteiger charge is -2.45. The van der Waals surface area contributed by atoms with Crippen LogP contribution in [0.2, 0.25) is 5.02 Å².